The van der Waals surface area contributed by atoms with Crippen molar-refractivity contribution in [2.75, 3.05) is 18.8 Å². The number of hydrogen-bond donors (Lipinski definition) is 3. The van der Waals surface area contributed by atoms with Gasteiger partial charge < -0.3 is 20.8 Å². The number of aryl methyl sites for hydroxylation is 1. The minimum absolute atomic E-state index is 0.0829. The van der Waals surface area contributed by atoms with Gasteiger partial charge in [0.05, 0.1) is 17.5 Å². The van der Waals surface area contributed by atoms with E-state index in [4.69, 9.17) is 15.6 Å². The van der Waals surface area contributed by atoms with Crippen molar-refractivity contribution in [3.05, 3.63) is 41.5 Å². The summed E-state index contributed by atoms with van der Waals surface area (Å²) in [5, 5.41) is 16.8. The van der Waals surface area contributed by atoms with E-state index in [2.05, 4.69) is 15.0 Å². The second-order valence-corrected chi connectivity index (χ2v) is 6.71. The summed E-state index contributed by atoms with van der Waals surface area (Å²) in [5.41, 5.74) is 8.05. The van der Waals surface area contributed by atoms with Crippen molar-refractivity contribution < 1.29 is 19.8 Å². The molecule has 1 aliphatic heterocycles. The molecule has 0 bridgehead atoms. The molecule has 0 saturated carbocycles. The number of fused-ring (bicyclic) bond motifs is 2. The number of rotatable bonds is 1. The first-order valence-electron chi connectivity index (χ1n) is 8.63. The number of pyridine rings is 1. The Labute approximate surface area is 155 Å². The number of likely N-dealkylation sites (tertiary alicyclic amines) is 1. The van der Waals surface area contributed by atoms with E-state index < -0.39 is 0 Å². The summed E-state index contributed by atoms with van der Waals surface area (Å²) < 4.78 is 0. The van der Waals surface area contributed by atoms with E-state index in [1.807, 2.05) is 11.1 Å². The maximum atomic E-state index is 12.8. The van der Waals surface area contributed by atoms with Crippen LogP contribution in [-0.2, 0) is 16.6 Å². The van der Waals surface area contributed by atoms with Crippen LogP contribution in [0, 0.1) is 0 Å². The summed E-state index contributed by atoms with van der Waals surface area (Å²) in [7, 11) is 0. The van der Waals surface area contributed by atoms with Crippen LogP contribution in [-0.4, -0.2) is 55.5 Å². The summed E-state index contributed by atoms with van der Waals surface area (Å²) in [6.07, 6.45) is 8.38. The van der Waals surface area contributed by atoms with Gasteiger partial charge in [-0.05, 0) is 37.3 Å². The van der Waals surface area contributed by atoms with Gasteiger partial charge in [-0.2, -0.15) is 0 Å². The van der Waals surface area contributed by atoms with Crippen molar-refractivity contribution in [1.82, 2.24) is 19.9 Å². The summed E-state index contributed by atoms with van der Waals surface area (Å²) >= 11 is 0. The van der Waals surface area contributed by atoms with E-state index in [1.165, 1.54) is 12.4 Å². The molecule has 2 aromatic heterocycles. The van der Waals surface area contributed by atoms with Gasteiger partial charge in [0.2, 0.25) is 5.95 Å². The highest BCUT2D eigenvalue weighted by Crippen LogP contribution is 2.44. The number of nitrogens with zero attached hydrogens (tertiary/aromatic N) is 4. The molecule has 1 unspecified atom stereocenters. The smallest absolute Gasteiger partial charge is 0.290 e. The number of aromatic hydroxyl groups is 1. The van der Waals surface area contributed by atoms with Gasteiger partial charge in [0.15, 0.2) is 0 Å². The minimum atomic E-state index is -0.250. The number of hydrogen-bond acceptors (Lipinski definition) is 7. The maximum Gasteiger partial charge on any atom is 0.290 e. The Hall–Kier alpha value is -3.23. The Morgan fingerprint density at radius 2 is 2.11 bits per heavy atom. The first-order chi connectivity index (χ1) is 13.0. The van der Waals surface area contributed by atoms with Crippen LogP contribution in [0.3, 0.4) is 0 Å². The molecule has 1 spiro atoms. The summed E-state index contributed by atoms with van der Waals surface area (Å²) in [5.74, 6) is 0.0372. The fraction of sp³-hybridized carbons (Fsp3) is 0.389. The predicted molar refractivity (Wildman–Crippen MR) is 96.2 cm³/mol. The third kappa shape index (κ3) is 3.53. The minimum Gasteiger partial charge on any atom is -0.505 e. The van der Waals surface area contributed by atoms with Crippen molar-refractivity contribution in [3.63, 3.8) is 0 Å². The van der Waals surface area contributed by atoms with Gasteiger partial charge in [-0.15, -0.1) is 0 Å². The Bertz CT molecular complexity index is 855. The molecule has 1 amide bonds. The first-order valence-corrected chi connectivity index (χ1v) is 8.63. The number of amides is 1. The lowest BCUT2D eigenvalue weighted by molar-refractivity contribution is -0.122. The Morgan fingerprint density at radius 1 is 1.33 bits per heavy atom. The van der Waals surface area contributed by atoms with Gasteiger partial charge >= 0.3 is 0 Å². The van der Waals surface area contributed by atoms with Crippen LogP contribution in [0.2, 0.25) is 0 Å². The number of piperidine rings is 1. The molecule has 1 aliphatic carbocycles. The molecule has 9 nitrogen and oxygen atoms in total. The normalized spacial score (nSPS) is 20.5. The average Bonchev–Trinajstić information content (AvgIpc) is 2.99. The van der Waals surface area contributed by atoms with Crippen LogP contribution in [0.1, 0.15) is 40.9 Å². The molecule has 2 aromatic rings. The highest BCUT2D eigenvalue weighted by Gasteiger charge is 2.45. The molecule has 1 saturated heterocycles. The largest absolute Gasteiger partial charge is 0.505 e. The summed E-state index contributed by atoms with van der Waals surface area (Å²) in [6.45, 7) is 1.02. The van der Waals surface area contributed by atoms with Crippen LogP contribution in [0.25, 0.3) is 0 Å². The van der Waals surface area contributed by atoms with Gasteiger partial charge in [0.1, 0.15) is 5.75 Å². The number of anilines is 1. The van der Waals surface area contributed by atoms with Gasteiger partial charge in [-0.1, -0.05) is 0 Å². The molecule has 9 heteroatoms. The lowest BCUT2D eigenvalue weighted by atomic mass is 9.77. The third-order valence-corrected chi connectivity index (χ3v) is 5.15. The zero-order valence-electron chi connectivity index (χ0n) is 14.7. The monoisotopic (exact) mass is 371 g/mol. The van der Waals surface area contributed by atoms with Gasteiger partial charge in [-0.25, -0.2) is 9.97 Å². The molecule has 0 radical (unpaired) electrons. The zero-order valence-corrected chi connectivity index (χ0v) is 14.7. The van der Waals surface area contributed by atoms with Crippen molar-refractivity contribution in [1.29, 1.82) is 0 Å². The van der Waals surface area contributed by atoms with Gasteiger partial charge in [0, 0.05) is 30.9 Å². The fourth-order valence-corrected chi connectivity index (χ4v) is 3.99. The fourth-order valence-electron chi connectivity index (χ4n) is 3.99. The number of nitrogens with two attached hydrogens (primary N) is 1. The number of nitrogen functional groups attached to an aromatic ring is 1. The number of carbonyl (C=O) groups excluding carboxylic acids is 1. The standard InChI is InChI=1S/C17H19N5O2.CH2O2/c18-16-20-8-11-2-5-17(14(11)21-16)4-1-7-22(10-17)15(24)12-3-6-19-9-13(12)23;2-1-3/h3,6,8-9,23H,1-2,4-5,7,10H2,(H2,18,20,21);1H,(H,2,3). The van der Waals surface area contributed by atoms with Crippen LogP contribution < -0.4 is 5.73 Å². The Morgan fingerprint density at radius 3 is 2.85 bits per heavy atom. The SMILES string of the molecule is Nc1ncc2c(n1)C1(CCCN(C(=O)c3ccncc3O)C1)CC2.O=CO. The zero-order chi connectivity index (χ0) is 19.4. The van der Waals surface area contributed by atoms with Gasteiger partial charge in [0.25, 0.3) is 12.4 Å². The van der Waals surface area contributed by atoms with Crippen molar-refractivity contribution in [3.8, 4) is 5.75 Å². The lowest BCUT2D eigenvalue weighted by Gasteiger charge is -2.40. The predicted octanol–water partition coefficient (Wildman–Crippen LogP) is 0.980. The van der Waals surface area contributed by atoms with E-state index in [9.17, 15) is 9.90 Å². The molecule has 0 aromatic carbocycles. The van der Waals surface area contributed by atoms with Crippen molar-refractivity contribution in [2.24, 2.45) is 0 Å². The first kappa shape index (κ1) is 18.6. The molecule has 1 fully saturated rings. The molecule has 3 heterocycles. The van der Waals surface area contributed by atoms with Crippen molar-refractivity contribution in [2.45, 2.75) is 31.1 Å². The van der Waals surface area contributed by atoms with E-state index in [-0.39, 0.29) is 29.5 Å². The van der Waals surface area contributed by atoms with Crippen LogP contribution in [0.15, 0.2) is 24.7 Å². The van der Waals surface area contributed by atoms with E-state index in [0.717, 1.165) is 36.9 Å². The Balaban J connectivity index is 0.000000659. The quantitative estimate of drug-likeness (QED) is 0.630. The second kappa shape index (κ2) is 7.56. The highest BCUT2D eigenvalue weighted by molar-refractivity contribution is 5.96. The third-order valence-electron chi connectivity index (χ3n) is 5.15. The topological polar surface area (TPSA) is 143 Å². The molecule has 1 atom stereocenters. The molecule has 4 N–H and O–H groups in total. The number of aromatic nitrogens is 3. The molecule has 2 aliphatic rings. The number of carboxylic acid groups (broad SMARTS) is 1. The molecule has 27 heavy (non-hydrogen) atoms. The number of carbonyl (C=O) groups is 2. The van der Waals surface area contributed by atoms with E-state index >= 15 is 0 Å². The van der Waals surface area contributed by atoms with E-state index in [0.29, 0.717) is 18.7 Å². The van der Waals surface area contributed by atoms with Crippen LogP contribution in [0.5, 0.6) is 5.75 Å². The molecular formula is C18H21N5O4. The summed E-state index contributed by atoms with van der Waals surface area (Å²) in [4.78, 5) is 35.4. The highest BCUT2D eigenvalue weighted by atomic mass is 16.3. The second-order valence-electron chi connectivity index (χ2n) is 6.71. The van der Waals surface area contributed by atoms with Crippen LogP contribution in [0.4, 0.5) is 5.95 Å². The maximum absolute atomic E-state index is 12.8. The van der Waals surface area contributed by atoms with E-state index in [1.54, 1.807) is 6.07 Å². The molecule has 142 valence electrons. The van der Waals surface area contributed by atoms with Crippen LogP contribution >= 0.6 is 0 Å². The van der Waals surface area contributed by atoms with Crippen molar-refractivity contribution >= 4 is 18.3 Å². The Kier molecular flexibility index (Phi) is 5.20. The molecular weight excluding hydrogens is 350 g/mol. The average molecular weight is 371 g/mol. The summed E-state index contributed by atoms with van der Waals surface area (Å²) in [6, 6.07) is 1.56. The van der Waals surface area contributed by atoms with Gasteiger partial charge in [-0.3, -0.25) is 14.6 Å². The lowest BCUT2D eigenvalue weighted by Crippen LogP contribution is -2.48. The molecule has 4 rings (SSSR count).